The van der Waals surface area contributed by atoms with Gasteiger partial charge in [-0.05, 0) is 55.2 Å². The molecule has 0 radical (unpaired) electrons. The van der Waals surface area contributed by atoms with Gasteiger partial charge in [-0.2, -0.15) is 0 Å². The largest absolute Gasteiger partial charge is 0.494 e. The Bertz CT molecular complexity index is 1170. The van der Waals surface area contributed by atoms with Crippen LogP contribution in [0.25, 0.3) is 16.3 Å². The lowest BCUT2D eigenvalue weighted by Gasteiger charge is -2.21. The molecule has 1 aliphatic rings. The Morgan fingerprint density at radius 3 is 2.78 bits per heavy atom. The molecule has 1 atom stereocenters. The maximum atomic E-state index is 13.2. The van der Waals surface area contributed by atoms with Crippen molar-refractivity contribution in [1.82, 2.24) is 4.98 Å². The number of amides is 1. The summed E-state index contributed by atoms with van der Waals surface area (Å²) in [5.41, 5.74) is 2.50. The molecule has 1 saturated heterocycles. The number of thiazole rings is 1. The number of anilines is 1. The van der Waals surface area contributed by atoms with Crippen LogP contribution in [0.3, 0.4) is 0 Å². The number of benzene rings is 2. The normalized spacial score (nSPS) is 16.0. The van der Waals surface area contributed by atoms with Crippen LogP contribution in [0.5, 0.6) is 5.75 Å². The van der Waals surface area contributed by atoms with Gasteiger partial charge in [0.2, 0.25) is 0 Å². The Labute approximate surface area is 189 Å². The van der Waals surface area contributed by atoms with Gasteiger partial charge in [-0.15, -0.1) is 0 Å². The first-order valence-electron chi connectivity index (χ1n) is 10.3. The monoisotopic (exact) mass is 453 g/mol. The zero-order chi connectivity index (χ0) is 22.7. The maximum absolute atomic E-state index is 13.2. The van der Waals surface area contributed by atoms with E-state index in [1.807, 2.05) is 19.1 Å². The first-order chi connectivity index (χ1) is 15.5. The van der Waals surface area contributed by atoms with E-state index in [0.717, 1.165) is 28.6 Å². The summed E-state index contributed by atoms with van der Waals surface area (Å²) < 4.78 is 12.2. The van der Waals surface area contributed by atoms with E-state index in [1.54, 1.807) is 30.2 Å². The minimum atomic E-state index is -0.453. The summed E-state index contributed by atoms with van der Waals surface area (Å²) in [7, 11) is 1.60. The van der Waals surface area contributed by atoms with Crippen LogP contribution < -0.4 is 9.64 Å². The fourth-order valence-corrected chi connectivity index (χ4v) is 4.66. The number of methoxy groups -OCH3 is 1. The van der Waals surface area contributed by atoms with Crippen LogP contribution in [0.1, 0.15) is 24.0 Å². The van der Waals surface area contributed by atoms with Crippen molar-refractivity contribution in [2.45, 2.75) is 25.9 Å². The highest BCUT2D eigenvalue weighted by Crippen LogP contribution is 2.37. The number of ether oxygens (including phenoxy) is 2. The summed E-state index contributed by atoms with van der Waals surface area (Å²) >= 11 is 1.45. The summed E-state index contributed by atoms with van der Waals surface area (Å²) in [6, 6.07) is 9.90. The number of hydrogen-bond donors (Lipinski definition) is 0. The summed E-state index contributed by atoms with van der Waals surface area (Å²) in [6.07, 6.45) is 4.93. The van der Waals surface area contributed by atoms with Crippen molar-refractivity contribution in [2.24, 2.45) is 0 Å². The molecule has 1 amide bonds. The molecular weight excluding hydrogens is 430 g/mol. The molecule has 3 aromatic rings. The SMILES string of the molecule is COc1ccc(C)c2sc(N(CC3CCCO3)C(=O)/C=C\c3ccc([N+](=O)[O-])cc3)nc12. The molecule has 32 heavy (non-hydrogen) atoms. The van der Waals surface area contributed by atoms with Crippen molar-refractivity contribution in [1.29, 1.82) is 0 Å². The number of nitro groups is 1. The molecule has 0 N–H and O–H groups in total. The third-order valence-corrected chi connectivity index (χ3v) is 6.56. The number of fused-ring (bicyclic) bond motifs is 1. The van der Waals surface area contributed by atoms with Crippen LogP contribution in [-0.2, 0) is 9.53 Å². The standard InChI is InChI=1S/C23H23N3O5S/c1-15-5-11-19(30-2)21-22(15)32-23(24-21)25(14-18-4-3-13-31-18)20(27)12-8-16-6-9-17(10-7-16)26(28)29/h5-12,18H,3-4,13-14H2,1-2H3/b12-8-. The lowest BCUT2D eigenvalue weighted by Crippen LogP contribution is -2.36. The number of nitrogens with zero attached hydrogens (tertiary/aromatic N) is 3. The number of non-ortho nitro benzene ring substituents is 1. The molecule has 2 aromatic carbocycles. The van der Waals surface area contributed by atoms with E-state index in [1.165, 1.54) is 29.5 Å². The van der Waals surface area contributed by atoms with E-state index in [-0.39, 0.29) is 17.7 Å². The number of aryl methyl sites for hydroxylation is 1. The summed E-state index contributed by atoms with van der Waals surface area (Å²) in [6.45, 7) is 3.10. The number of nitro benzene ring substituents is 1. The van der Waals surface area contributed by atoms with Crippen molar-refractivity contribution in [3.63, 3.8) is 0 Å². The predicted molar refractivity (Wildman–Crippen MR) is 124 cm³/mol. The molecular formula is C23H23N3O5S. The van der Waals surface area contributed by atoms with Crippen LogP contribution >= 0.6 is 11.3 Å². The molecule has 2 heterocycles. The average molecular weight is 454 g/mol. The van der Waals surface area contributed by atoms with Gasteiger partial charge in [0.15, 0.2) is 5.13 Å². The second kappa shape index (κ2) is 9.46. The molecule has 1 aromatic heterocycles. The van der Waals surface area contributed by atoms with Gasteiger partial charge in [0.25, 0.3) is 11.6 Å². The van der Waals surface area contributed by atoms with Gasteiger partial charge in [-0.1, -0.05) is 17.4 Å². The molecule has 9 heteroatoms. The van der Waals surface area contributed by atoms with Crippen molar-refractivity contribution in [2.75, 3.05) is 25.2 Å². The van der Waals surface area contributed by atoms with Crippen molar-refractivity contribution in [3.05, 3.63) is 63.7 Å². The zero-order valence-corrected chi connectivity index (χ0v) is 18.6. The van der Waals surface area contributed by atoms with Gasteiger partial charge in [0, 0.05) is 24.8 Å². The fraction of sp³-hybridized carbons (Fsp3) is 0.304. The van der Waals surface area contributed by atoms with Gasteiger partial charge in [-0.3, -0.25) is 19.8 Å². The zero-order valence-electron chi connectivity index (χ0n) is 17.8. The average Bonchev–Trinajstić information content (AvgIpc) is 3.47. The summed E-state index contributed by atoms with van der Waals surface area (Å²) in [5.74, 6) is 0.438. The van der Waals surface area contributed by atoms with Crippen molar-refractivity contribution in [3.8, 4) is 5.75 Å². The Morgan fingerprint density at radius 1 is 1.34 bits per heavy atom. The third-order valence-electron chi connectivity index (χ3n) is 5.34. The molecule has 0 bridgehead atoms. The predicted octanol–water partition coefficient (Wildman–Crippen LogP) is 4.75. The van der Waals surface area contributed by atoms with Crippen LogP contribution in [0.15, 0.2) is 42.5 Å². The number of carbonyl (C=O) groups is 1. The Hall–Kier alpha value is -3.30. The second-order valence-electron chi connectivity index (χ2n) is 7.52. The quantitative estimate of drug-likeness (QED) is 0.291. The Morgan fingerprint density at radius 2 is 2.12 bits per heavy atom. The topological polar surface area (TPSA) is 94.8 Å². The highest BCUT2D eigenvalue weighted by molar-refractivity contribution is 7.22. The lowest BCUT2D eigenvalue weighted by atomic mass is 10.2. The lowest BCUT2D eigenvalue weighted by molar-refractivity contribution is -0.384. The van der Waals surface area contributed by atoms with Gasteiger partial charge < -0.3 is 9.47 Å². The van der Waals surface area contributed by atoms with E-state index < -0.39 is 4.92 Å². The Balaban J connectivity index is 1.64. The first kappa shape index (κ1) is 21.9. The number of aromatic nitrogens is 1. The van der Waals surface area contributed by atoms with Crippen LogP contribution in [0.4, 0.5) is 10.8 Å². The molecule has 166 valence electrons. The van der Waals surface area contributed by atoms with Crippen LogP contribution in [-0.4, -0.2) is 42.2 Å². The van der Waals surface area contributed by atoms with E-state index >= 15 is 0 Å². The van der Waals surface area contributed by atoms with E-state index in [9.17, 15) is 14.9 Å². The molecule has 8 nitrogen and oxygen atoms in total. The summed E-state index contributed by atoms with van der Waals surface area (Å²) in [4.78, 5) is 30.0. The molecule has 1 aliphatic heterocycles. The van der Waals surface area contributed by atoms with Gasteiger partial charge in [-0.25, -0.2) is 4.98 Å². The number of rotatable bonds is 7. The molecule has 0 saturated carbocycles. The molecule has 1 unspecified atom stereocenters. The minimum absolute atomic E-state index is 0.00674. The van der Waals surface area contributed by atoms with E-state index in [4.69, 9.17) is 14.5 Å². The highest BCUT2D eigenvalue weighted by atomic mass is 32.1. The molecule has 4 rings (SSSR count). The van der Waals surface area contributed by atoms with Gasteiger partial charge in [0.1, 0.15) is 11.3 Å². The second-order valence-corrected chi connectivity index (χ2v) is 8.50. The van der Waals surface area contributed by atoms with Gasteiger partial charge in [0.05, 0.1) is 29.4 Å². The third kappa shape index (κ3) is 4.63. The fourth-order valence-electron chi connectivity index (χ4n) is 3.60. The molecule has 0 aliphatic carbocycles. The first-order valence-corrected chi connectivity index (χ1v) is 11.1. The number of hydrogen-bond acceptors (Lipinski definition) is 7. The number of carbonyl (C=O) groups excluding carboxylic acids is 1. The van der Waals surface area contributed by atoms with Crippen LogP contribution in [0.2, 0.25) is 0 Å². The van der Waals surface area contributed by atoms with Crippen molar-refractivity contribution < 1.29 is 19.2 Å². The summed E-state index contributed by atoms with van der Waals surface area (Å²) in [5, 5.41) is 11.4. The maximum Gasteiger partial charge on any atom is 0.269 e. The minimum Gasteiger partial charge on any atom is -0.494 e. The van der Waals surface area contributed by atoms with Gasteiger partial charge >= 0.3 is 0 Å². The van der Waals surface area contributed by atoms with Crippen LogP contribution in [0, 0.1) is 17.0 Å². The van der Waals surface area contributed by atoms with E-state index in [0.29, 0.717) is 29.6 Å². The Kier molecular flexibility index (Phi) is 6.48. The van der Waals surface area contributed by atoms with E-state index in [2.05, 4.69) is 0 Å². The molecule has 0 spiro atoms. The smallest absolute Gasteiger partial charge is 0.269 e. The molecule has 1 fully saturated rings. The highest BCUT2D eigenvalue weighted by Gasteiger charge is 2.26. The van der Waals surface area contributed by atoms with Crippen molar-refractivity contribution >= 4 is 44.4 Å².